The summed E-state index contributed by atoms with van der Waals surface area (Å²) < 4.78 is 2.37. The van der Waals surface area contributed by atoms with Gasteiger partial charge in [-0.25, -0.2) is 9.97 Å². The van der Waals surface area contributed by atoms with Gasteiger partial charge in [-0.2, -0.15) is 0 Å². The van der Waals surface area contributed by atoms with Crippen LogP contribution in [0.5, 0.6) is 0 Å². The van der Waals surface area contributed by atoms with Gasteiger partial charge in [0.15, 0.2) is 5.82 Å². The second-order valence-electron chi connectivity index (χ2n) is 16.7. The number of aromatic nitrogens is 3. The predicted molar refractivity (Wildman–Crippen MR) is 258 cm³/mol. The molecule has 0 radical (unpaired) electrons. The molecule has 4 nitrogen and oxygen atoms in total. The van der Waals surface area contributed by atoms with Crippen LogP contribution in [0.2, 0.25) is 0 Å². The van der Waals surface area contributed by atoms with E-state index in [0.29, 0.717) is 11.8 Å². The van der Waals surface area contributed by atoms with Crippen molar-refractivity contribution in [3.8, 4) is 39.5 Å². The van der Waals surface area contributed by atoms with E-state index in [1.807, 2.05) is 24.3 Å². The summed E-state index contributed by atoms with van der Waals surface area (Å²) >= 11 is 0. The number of aliphatic imine (C=N–C) groups is 1. The number of rotatable bonds is 8. The van der Waals surface area contributed by atoms with Gasteiger partial charge in [-0.1, -0.05) is 176 Å². The molecule has 2 aliphatic carbocycles. The smallest absolute Gasteiger partial charge is 0.160 e. The number of dihydropyridines is 1. The number of hydrogen-bond acceptors (Lipinski definition) is 3. The van der Waals surface area contributed by atoms with Gasteiger partial charge in [0.05, 0.1) is 34.2 Å². The van der Waals surface area contributed by atoms with Gasteiger partial charge in [0.25, 0.3) is 0 Å². The average Bonchev–Trinajstić information content (AvgIpc) is 3.69. The van der Waals surface area contributed by atoms with Crippen LogP contribution in [0.4, 0.5) is 0 Å². The molecular formula is C58H46N4. The molecular weight excluding hydrogens is 753 g/mol. The highest BCUT2D eigenvalue weighted by molar-refractivity contribution is 6.11. The molecule has 8 aromatic rings. The van der Waals surface area contributed by atoms with Gasteiger partial charge in [-0.15, -0.1) is 0 Å². The number of benzene rings is 6. The Balaban J connectivity index is 0.844. The van der Waals surface area contributed by atoms with Crippen molar-refractivity contribution in [2.75, 3.05) is 0 Å². The van der Waals surface area contributed by atoms with Gasteiger partial charge in [0.2, 0.25) is 0 Å². The van der Waals surface area contributed by atoms with E-state index in [1.54, 1.807) is 0 Å². The van der Waals surface area contributed by atoms with Gasteiger partial charge >= 0.3 is 0 Å². The Kier molecular flexibility index (Phi) is 9.82. The maximum absolute atomic E-state index is 5.40. The maximum atomic E-state index is 5.40. The van der Waals surface area contributed by atoms with E-state index in [9.17, 15) is 0 Å². The van der Waals surface area contributed by atoms with E-state index in [2.05, 4.69) is 194 Å². The molecule has 0 spiro atoms. The number of allylic oxidation sites excluding steroid dienone is 9. The summed E-state index contributed by atoms with van der Waals surface area (Å²) in [5.74, 6) is 1.46. The summed E-state index contributed by atoms with van der Waals surface area (Å²) in [7, 11) is 0. The molecule has 0 bridgehead atoms. The summed E-state index contributed by atoms with van der Waals surface area (Å²) in [6.45, 7) is 2.33. The lowest BCUT2D eigenvalue weighted by atomic mass is 9.77. The first-order valence-electron chi connectivity index (χ1n) is 21.9. The molecule has 0 fully saturated rings. The second kappa shape index (κ2) is 16.2. The summed E-state index contributed by atoms with van der Waals surface area (Å²) in [5, 5.41) is 2.55. The Morgan fingerprint density at radius 3 is 1.97 bits per heavy atom. The van der Waals surface area contributed by atoms with Crippen LogP contribution in [0.25, 0.3) is 66.8 Å². The lowest BCUT2D eigenvalue weighted by molar-refractivity contribution is 0.555. The molecule has 3 atom stereocenters. The highest BCUT2D eigenvalue weighted by Crippen LogP contribution is 2.39. The van der Waals surface area contributed by atoms with Crippen LogP contribution in [0, 0.1) is 11.8 Å². The van der Waals surface area contributed by atoms with Crippen LogP contribution in [0.3, 0.4) is 0 Å². The van der Waals surface area contributed by atoms with Crippen LogP contribution in [-0.4, -0.2) is 20.2 Å². The Labute approximate surface area is 363 Å². The molecule has 1 aliphatic heterocycles. The van der Waals surface area contributed by atoms with Gasteiger partial charge in [-0.05, 0) is 95.5 Å². The van der Waals surface area contributed by atoms with Crippen molar-refractivity contribution in [2.24, 2.45) is 16.8 Å². The molecule has 3 unspecified atom stereocenters. The molecule has 0 N–H and O–H groups in total. The van der Waals surface area contributed by atoms with Crippen molar-refractivity contribution < 1.29 is 0 Å². The fraction of sp³-hybridized carbons (Fsp3) is 0.121. The van der Waals surface area contributed by atoms with Crippen molar-refractivity contribution in [1.29, 1.82) is 0 Å². The summed E-state index contributed by atoms with van der Waals surface area (Å²) in [5.41, 5.74) is 16.3. The summed E-state index contributed by atoms with van der Waals surface area (Å²) in [4.78, 5) is 15.5. The molecule has 3 heterocycles. The molecule has 298 valence electrons. The topological polar surface area (TPSA) is 43.1 Å². The largest absolute Gasteiger partial charge is 0.309 e. The standard InChI is InChI=1S/C58H46N4/c1-39-26-27-47(37-51(39)41-28-30-43(31-29-41)55-38-54(42-14-4-2-5-15-42)60-58(61-55)44-16-6-3-7-17-44)53-23-13-22-52(59-53)46-19-12-18-45(36-46)40-32-34-48(35-33-40)62-56-24-10-8-20-49(56)50-21-9-11-25-57(50)62/h2-21,23-28,30,32-39,51-52H,22,29,31H2,1H3. The molecule has 0 saturated heterocycles. The van der Waals surface area contributed by atoms with Crippen molar-refractivity contribution in [2.45, 2.75) is 32.2 Å². The van der Waals surface area contributed by atoms with Crippen molar-refractivity contribution in [3.05, 3.63) is 229 Å². The third-order valence-corrected chi connectivity index (χ3v) is 12.8. The van der Waals surface area contributed by atoms with Crippen LogP contribution >= 0.6 is 0 Å². The lowest BCUT2D eigenvalue weighted by Crippen LogP contribution is -2.18. The van der Waals surface area contributed by atoms with E-state index in [-0.39, 0.29) is 6.04 Å². The molecule has 11 rings (SSSR count). The zero-order valence-electron chi connectivity index (χ0n) is 34.8. The van der Waals surface area contributed by atoms with E-state index in [4.69, 9.17) is 15.0 Å². The quantitative estimate of drug-likeness (QED) is 0.154. The first kappa shape index (κ1) is 37.6. The Hall–Kier alpha value is -7.43. The second-order valence-corrected chi connectivity index (χ2v) is 16.7. The molecule has 62 heavy (non-hydrogen) atoms. The normalized spacial score (nSPS) is 18.6. The van der Waals surface area contributed by atoms with Crippen LogP contribution in [0.15, 0.2) is 222 Å². The Bertz CT molecular complexity index is 3050. The summed E-state index contributed by atoms with van der Waals surface area (Å²) in [6.07, 6.45) is 19.1. The fourth-order valence-corrected chi connectivity index (χ4v) is 9.50. The number of nitrogens with zero attached hydrogens (tertiary/aromatic N) is 4. The average molecular weight is 799 g/mol. The molecule has 6 aromatic carbocycles. The highest BCUT2D eigenvalue weighted by Gasteiger charge is 2.26. The third kappa shape index (κ3) is 7.18. The maximum Gasteiger partial charge on any atom is 0.160 e. The van der Waals surface area contributed by atoms with Crippen molar-refractivity contribution in [1.82, 2.24) is 14.5 Å². The first-order chi connectivity index (χ1) is 30.6. The highest BCUT2D eigenvalue weighted by atomic mass is 15.0. The SMILES string of the molecule is CC1C=CC(C2=NC(c3cccc(-c4ccc(-n5c6ccccc6c6ccccc65)cc4)c3)CC=C2)=CC1C1=CC=C(c2cc(-c3ccccc3)nc(-c3ccccc3)n2)CC1. The van der Waals surface area contributed by atoms with Crippen molar-refractivity contribution in [3.63, 3.8) is 0 Å². The van der Waals surface area contributed by atoms with Gasteiger partial charge in [0, 0.05) is 33.5 Å². The summed E-state index contributed by atoms with van der Waals surface area (Å²) in [6, 6.07) is 58.2. The van der Waals surface area contributed by atoms with E-state index < -0.39 is 0 Å². The predicted octanol–water partition coefficient (Wildman–Crippen LogP) is 14.6. The lowest BCUT2D eigenvalue weighted by Gasteiger charge is -2.28. The molecule has 0 saturated carbocycles. The monoisotopic (exact) mass is 798 g/mol. The van der Waals surface area contributed by atoms with Gasteiger partial charge < -0.3 is 4.57 Å². The Morgan fingerprint density at radius 2 is 1.24 bits per heavy atom. The minimum atomic E-state index is 0.0627. The van der Waals surface area contributed by atoms with Crippen LogP contribution < -0.4 is 0 Å². The van der Waals surface area contributed by atoms with E-state index >= 15 is 0 Å². The number of para-hydroxylation sites is 2. The Morgan fingerprint density at radius 1 is 0.565 bits per heavy atom. The third-order valence-electron chi connectivity index (χ3n) is 12.8. The van der Waals surface area contributed by atoms with E-state index in [1.165, 1.54) is 55.2 Å². The minimum Gasteiger partial charge on any atom is -0.309 e. The molecule has 2 aromatic heterocycles. The molecule has 0 amide bonds. The zero-order valence-corrected chi connectivity index (χ0v) is 34.8. The number of hydrogen-bond donors (Lipinski definition) is 0. The van der Waals surface area contributed by atoms with Gasteiger partial charge in [0.1, 0.15) is 0 Å². The molecule has 4 heteroatoms. The zero-order chi connectivity index (χ0) is 41.4. The van der Waals surface area contributed by atoms with Crippen molar-refractivity contribution >= 4 is 33.1 Å². The minimum absolute atomic E-state index is 0.0627. The fourth-order valence-electron chi connectivity index (χ4n) is 9.50. The van der Waals surface area contributed by atoms with Crippen LogP contribution in [-0.2, 0) is 0 Å². The first-order valence-corrected chi connectivity index (χ1v) is 21.9. The molecule has 3 aliphatic rings. The van der Waals surface area contributed by atoms with Gasteiger partial charge in [-0.3, -0.25) is 4.99 Å². The van der Waals surface area contributed by atoms with E-state index in [0.717, 1.165) is 59.0 Å². The van der Waals surface area contributed by atoms with Crippen LogP contribution in [0.1, 0.15) is 43.5 Å². The number of fused-ring (bicyclic) bond motifs is 3.